The molecule has 1 aliphatic heterocycles. The lowest BCUT2D eigenvalue weighted by atomic mass is 9.78. The highest BCUT2D eigenvalue weighted by atomic mass is 19.1. The highest BCUT2D eigenvalue weighted by molar-refractivity contribution is 5.79. The summed E-state index contributed by atoms with van der Waals surface area (Å²) in [4.78, 5) is 13.6. The van der Waals surface area contributed by atoms with Crippen LogP contribution in [0.4, 0.5) is 4.39 Å². The lowest BCUT2D eigenvalue weighted by Gasteiger charge is -2.34. The zero-order valence-corrected chi connectivity index (χ0v) is 11.5. The third kappa shape index (κ3) is 2.33. The monoisotopic (exact) mass is 277 g/mol. The third-order valence-electron chi connectivity index (χ3n) is 4.69. The van der Waals surface area contributed by atoms with Crippen molar-refractivity contribution in [1.82, 2.24) is 4.90 Å². The van der Waals surface area contributed by atoms with Gasteiger partial charge in [-0.3, -0.25) is 4.79 Å². The van der Waals surface area contributed by atoms with Crippen LogP contribution in [0.25, 0.3) is 0 Å². The number of carbonyl (C=O) groups excluding carboxylic acids is 1. The fraction of sp³-hybridized carbons (Fsp3) is 0.562. The minimum atomic E-state index is -0.568. The number of hydrogen-bond acceptors (Lipinski definition) is 2. The number of rotatable bonds is 3. The number of carbonyl (C=O) groups is 1. The second-order valence-corrected chi connectivity index (χ2v) is 6.10. The van der Waals surface area contributed by atoms with Crippen LogP contribution in [0.2, 0.25) is 0 Å². The number of nitrogens with zero attached hydrogens (tertiary/aromatic N) is 1. The molecular weight excluding hydrogens is 257 g/mol. The molecule has 4 heteroatoms. The summed E-state index contributed by atoms with van der Waals surface area (Å²) in [5.74, 6) is -0.193. The van der Waals surface area contributed by atoms with E-state index in [0.717, 1.165) is 31.2 Å². The summed E-state index contributed by atoms with van der Waals surface area (Å²) < 4.78 is 14.2. The average Bonchev–Trinajstić information content (AvgIpc) is 2.99. The van der Waals surface area contributed by atoms with Gasteiger partial charge < -0.3 is 10.0 Å². The van der Waals surface area contributed by atoms with Gasteiger partial charge in [0.25, 0.3) is 0 Å². The largest absolute Gasteiger partial charge is 0.391 e. The molecule has 1 unspecified atom stereocenters. The first-order valence-electron chi connectivity index (χ1n) is 7.32. The summed E-state index contributed by atoms with van der Waals surface area (Å²) in [7, 11) is 0. The van der Waals surface area contributed by atoms with Crippen molar-refractivity contribution in [1.29, 1.82) is 0 Å². The SMILES string of the molecule is O=C1CC(O)CN1CC1(c2ccccc2F)CCCC1. The highest BCUT2D eigenvalue weighted by Gasteiger charge is 2.42. The molecule has 1 aromatic rings. The number of halogens is 1. The van der Waals surface area contributed by atoms with E-state index >= 15 is 0 Å². The predicted octanol–water partition coefficient (Wildman–Crippen LogP) is 2.23. The Morgan fingerprint density at radius 2 is 2.00 bits per heavy atom. The second kappa shape index (κ2) is 5.17. The van der Waals surface area contributed by atoms with Crippen LogP contribution < -0.4 is 0 Å². The van der Waals surface area contributed by atoms with Gasteiger partial charge >= 0.3 is 0 Å². The van der Waals surface area contributed by atoms with Gasteiger partial charge in [-0.15, -0.1) is 0 Å². The lowest BCUT2D eigenvalue weighted by Crippen LogP contribution is -2.41. The first-order chi connectivity index (χ1) is 9.61. The zero-order chi connectivity index (χ0) is 14.2. The standard InChI is InChI=1S/C16H20FNO2/c17-14-6-2-1-5-13(14)16(7-3-4-8-16)11-18-10-12(19)9-15(18)20/h1-2,5-6,12,19H,3-4,7-11H2. The van der Waals surface area contributed by atoms with Crippen LogP contribution in [-0.2, 0) is 10.2 Å². The van der Waals surface area contributed by atoms with Crippen LogP contribution in [-0.4, -0.2) is 35.1 Å². The molecule has 1 amide bonds. The topological polar surface area (TPSA) is 40.5 Å². The molecule has 1 aromatic carbocycles. The summed E-state index contributed by atoms with van der Waals surface area (Å²) in [6.07, 6.45) is 3.59. The van der Waals surface area contributed by atoms with Gasteiger partial charge in [-0.05, 0) is 24.5 Å². The Hall–Kier alpha value is -1.42. The first-order valence-corrected chi connectivity index (χ1v) is 7.32. The van der Waals surface area contributed by atoms with Gasteiger partial charge in [0, 0.05) is 18.5 Å². The van der Waals surface area contributed by atoms with Crippen molar-refractivity contribution in [3.8, 4) is 0 Å². The molecule has 1 atom stereocenters. The van der Waals surface area contributed by atoms with Crippen LogP contribution in [0.1, 0.15) is 37.7 Å². The van der Waals surface area contributed by atoms with Crippen molar-refractivity contribution in [3.05, 3.63) is 35.6 Å². The van der Waals surface area contributed by atoms with E-state index in [1.54, 1.807) is 11.0 Å². The fourth-order valence-electron chi connectivity index (χ4n) is 3.73. The molecule has 2 aliphatic rings. The van der Waals surface area contributed by atoms with Gasteiger partial charge in [-0.2, -0.15) is 0 Å². The smallest absolute Gasteiger partial charge is 0.225 e. The molecule has 1 heterocycles. The zero-order valence-electron chi connectivity index (χ0n) is 11.5. The van der Waals surface area contributed by atoms with Crippen molar-refractivity contribution in [2.75, 3.05) is 13.1 Å². The number of likely N-dealkylation sites (tertiary alicyclic amines) is 1. The molecule has 0 spiro atoms. The fourth-order valence-corrected chi connectivity index (χ4v) is 3.73. The van der Waals surface area contributed by atoms with Crippen molar-refractivity contribution < 1.29 is 14.3 Å². The molecule has 1 aliphatic carbocycles. The molecule has 108 valence electrons. The minimum absolute atomic E-state index is 0.0138. The van der Waals surface area contributed by atoms with Gasteiger partial charge in [-0.1, -0.05) is 31.0 Å². The van der Waals surface area contributed by atoms with E-state index in [-0.39, 0.29) is 23.6 Å². The average molecular weight is 277 g/mol. The molecule has 2 fully saturated rings. The molecule has 0 radical (unpaired) electrons. The van der Waals surface area contributed by atoms with E-state index < -0.39 is 6.10 Å². The van der Waals surface area contributed by atoms with Crippen LogP contribution in [0.3, 0.4) is 0 Å². The number of amides is 1. The van der Waals surface area contributed by atoms with E-state index in [9.17, 15) is 14.3 Å². The molecule has 3 rings (SSSR count). The number of benzene rings is 1. The van der Waals surface area contributed by atoms with Crippen molar-refractivity contribution >= 4 is 5.91 Å². The third-order valence-corrected chi connectivity index (χ3v) is 4.69. The Kier molecular flexibility index (Phi) is 3.50. The summed E-state index contributed by atoms with van der Waals surface area (Å²) in [6.45, 7) is 0.916. The summed E-state index contributed by atoms with van der Waals surface area (Å²) in [5.41, 5.74) is 0.456. The first kappa shape index (κ1) is 13.6. The maximum absolute atomic E-state index is 14.2. The number of aliphatic hydroxyl groups excluding tert-OH is 1. The van der Waals surface area contributed by atoms with Crippen molar-refractivity contribution in [2.24, 2.45) is 0 Å². The van der Waals surface area contributed by atoms with Gasteiger partial charge in [0.05, 0.1) is 12.5 Å². The molecule has 1 saturated carbocycles. The highest BCUT2D eigenvalue weighted by Crippen LogP contribution is 2.43. The number of aliphatic hydroxyl groups is 1. The Bertz CT molecular complexity index is 511. The molecule has 1 saturated heterocycles. The quantitative estimate of drug-likeness (QED) is 0.920. The van der Waals surface area contributed by atoms with Crippen LogP contribution in [0.5, 0.6) is 0 Å². The Morgan fingerprint density at radius 1 is 1.30 bits per heavy atom. The van der Waals surface area contributed by atoms with E-state index in [1.807, 2.05) is 12.1 Å². The van der Waals surface area contributed by atoms with Gasteiger partial charge in [0.2, 0.25) is 5.91 Å². The van der Waals surface area contributed by atoms with Crippen molar-refractivity contribution in [3.63, 3.8) is 0 Å². The van der Waals surface area contributed by atoms with E-state index in [1.165, 1.54) is 6.07 Å². The van der Waals surface area contributed by atoms with Crippen LogP contribution in [0.15, 0.2) is 24.3 Å². The summed E-state index contributed by atoms with van der Waals surface area (Å²) >= 11 is 0. The molecule has 0 bridgehead atoms. The van der Waals surface area contributed by atoms with Crippen LogP contribution >= 0.6 is 0 Å². The van der Waals surface area contributed by atoms with Gasteiger partial charge in [0.15, 0.2) is 0 Å². The number of β-amino-alcohol motifs (C(OH)–C–C–N with tert-alkyl or cyclic N) is 1. The van der Waals surface area contributed by atoms with Gasteiger partial charge in [0.1, 0.15) is 5.82 Å². The van der Waals surface area contributed by atoms with Crippen molar-refractivity contribution in [2.45, 2.75) is 43.6 Å². The Labute approximate surface area is 118 Å². The number of hydrogen-bond donors (Lipinski definition) is 1. The second-order valence-electron chi connectivity index (χ2n) is 6.10. The molecule has 0 aromatic heterocycles. The Morgan fingerprint density at radius 3 is 2.60 bits per heavy atom. The lowest BCUT2D eigenvalue weighted by molar-refractivity contribution is -0.128. The Balaban J connectivity index is 1.89. The molecule has 3 nitrogen and oxygen atoms in total. The predicted molar refractivity (Wildman–Crippen MR) is 73.7 cm³/mol. The van der Waals surface area contributed by atoms with E-state index in [4.69, 9.17) is 0 Å². The van der Waals surface area contributed by atoms with Gasteiger partial charge in [-0.25, -0.2) is 4.39 Å². The van der Waals surface area contributed by atoms with E-state index in [0.29, 0.717) is 13.1 Å². The maximum atomic E-state index is 14.2. The summed E-state index contributed by atoms with van der Waals surface area (Å²) in [5, 5.41) is 9.62. The molecule has 1 N–H and O–H groups in total. The molecular formula is C16H20FNO2. The summed E-state index contributed by atoms with van der Waals surface area (Å²) in [6, 6.07) is 6.90. The maximum Gasteiger partial charge on any atom is 0.225 e. The van der Waals surface area contributed by atoms with Crippen LogP contribution in [0, 0.1) is 5.82 Å². The minimum Gasteiger partial charge on any atom is -0.391 e. The molecule has 20 heavy (non-hydrogen) atoms. The van der Waals surface area contributed by atoms with E-state index in [2.05, 4.69) is 0 Å². The normalized spacial score (nSPS) is 25.4.